The van der Waals surface area contributed by atoms with Crippen LogP contribution in [0.25, 0.3) is 10.9 Å². The second-order valence-electron chi connectivity index (χ2n) is 5.85. The van der Waals surface area contributed by atoms with E-state index in [4.69, 9.17) is 4.42 Å². The highest BCUT2D eigenvalue weighted by molar-refractivity contribution is 5.84. The van der Waals surface area contributed by atoms with Crippen molar-refractivity contribution in [3.8, 4) is 5.75 Å². The van der Waals surface area contributed by atoms with E-state index in [-0.39, 0.29) is 11.6 Å². The number of nitro groups is 1. The van der Waals surface area contributed by atoms with Crippen LogP contribution >= 0.6 is 0 Å². The predicted molar refractivity (Wildman–Crippen MR) is 97.2 cm³/mol. The molecular weight excluding hydrogens is 334 g/mol. The Morgan fingerprint density at radius 2 is 1.96 bits per heavy atom. The minimum atomic E-state index is -0.565. The van der Waals surface area contributed by atoms with Crippen LogP contribution in [0.5, 0.6) is 5.75 Å². The number of phenols is 1. The molecule has 1 atom stereocenters. The number of phenolic OH excluding ortho intramolecular Hbond substituents is 1. The summed E-state index contributed by atoms with van der Waals surface area (Å²) in [5.74, 6) is 0.213. The maximum Gasteiger partial charge on any atom is 0.433 e. The first-order valence-electron chi connectivity index (χ1n) is 7.97. The van der Waals surface area contributed by atoms with Crippen LogP contribution in [0.3, 0.4) is 0 Å². The summed E-state index contributed by atoms with van der Waals surface area (Å²) in [5.41, 5.74) is 2.50. The highest BCUT2D eigenvalue weighted by atomic mass is 16.6. The summed E-state index contributed by atoms with van der Waals surface area (Å²) in [6.45, 7) is 0. The molecule has 0 radical (unpaired) electrons. The number of nitrogens with one attached hydrogen (secondary N) is 2. The van der Waals surface area contributed by atoms with E-state index in [0.29, 0.717) is 11.4 Å². The summed E-state index contributed by atoms with van der Waals surface area (Å²) in [4.78, 5) is 13.6. The van der Waals surface area contributed by atoms with Gasteiger partial charge in [-0.2, -0.15) is 0 Å². The molecule has 2 heterocycles. The lowest BCUT2D eigenvalue weighted by molar-refractivity contribution is -0.402. The molecule has 4 rings (SSSR count). The van der Waals surface area contributed by atoms with Gasteiger partial charge >= 0.3 is 5.88 Å². The number of hydrogen-bond donors (Lipinski definition) is 3. The number of aromatic amines is 1. The van der Waals surface area contributed by atoms with Crippen LogP contribution in [0.1, 0.15) is 17.4 Å². The van der Waals surface area contributed by atoms with Gasteiger partial charge in [0.25, 0.3) is 0 Å². The molecule has 3 N–H and O–H groups in total. The van der Waals surface area contributed by atoms with Crippen LogP contribution in [0, 0.1) is 10.1 Å². The third kappa shape index (κ3) is 2.86. The fraction of sp³-hybridized carbons (Fsp3) is 0.0526. The van der Waals surface area contributed by atoms with Gasteiger partial charge in [-0.05, 0) is 24.3 Å². The first-order valence-corrected chi connectivity index (χ1v) is 7.97. The maximum atomic E-state index is 11.0. The highest BCUT2D eigenvalue weighted by Crippen LogP contribution is 2.34. The zero-order chi connectivity index (χ0) is 18.1. The maximum absolute atomic E-state index is 11.0. The van der Waals surface area contributed by atoms with Gasteiger partial charge in [0, 0.05) is 34.4 Å². The van der Waals surface area contributed by atoms with E-state index in [9.17, 15) is 15.2 Å². The molecule has 2 aromatic carbocycles. The second-order valence-corrected chi connectivity index (χ2v) is 5.85. The van der Waals surface area contributed by atoms with Gasteiger partial charge in [-0.3, -0.25) is 10.1 Å². The Labute approximate surface area is 148 Å². The topological polar surface area (TPSA) is 104 Å². The average molecular weight is 349 g/mol. The number of nitrogens with zero attached hydrogens (tertiary/aromatic N) is 1. The number of aromatic hydroxyl groups is 1. The fourth-order valence-electron chi connectivity index (χ4n) is 2.99. The summed E-state index contributed by atoms with van der Waals surface area (Å²) in [6.07, 6.45) is 1.85. The molecule has 26 heavy (non-hydrogen) atoms. The molecule has 0 saturated heterocycles. The van der Waals surface area contributed by atoms with Gasteiger partial charge in [0.05, 0.1) is 6.07 Å². The van der Waals surface area contributed by atoms with Gasteiger partial charge in [-0.1, -0.05) is 24.3 Å². The quantitative estimate of drug-likeness (QED) is 0.361. The molecule has 0 fully saturated rings. The average Bonchev–Trinajstić information content (AvgIpc) is 3.27. The molecule has 7 nitrogen and oxygen atoms in total. The zero-order valence-corrected chi connectivity index (χ0v) is 13.5. The second kappa shape index (κ2) is 6.29. The summed E-state index contributed by atoms with van der Waals surface area (Å²) in [5, 5.41) is 25.0. The van der Waals surface area contributed by atoms with Crippen molar-refractivity contribution in [3.63, 3.8) is 0 Å². The minimum Gasteiger partial charge on any atom is -0.508 e. The predicted octanol–water partition coefficient (Wildman–Crippen LogP) is 4.58. The molecule has 0 amide bonds. The first-order chi connectivity index (χ1) is 12.6. The molecule has 0 spiro atoms. The van der Waals surface area contributed by atoms with Crippen LogP contribution in [-0.4, -0.2) is 15.0 Å². The largest absolute Gasteiger partial charge is 0.508 e. The molecule has 0 aliphatic heterocycles. The smallest absolute Gasteiger partial charge is 0.433 e. The van der Waals surface area contributed by atoms with Crippen molar-refractivity contribution in [2.75, 3.05) is 5.32 Å². The monoisotopic (exact) mass is 349 g/mol. The first kappa shape index (κ1) is 15.8. The molecule has 1 unspecified atom stereocenters. The number of para-hydroxylation sites is 1. The van der Waals surface area contributed by atoms with Gasteiger partial charge < -0.3 is 19.8 Å². The third-order valence-corrected chi connectivity index (χ3v) is 4.17. The SMILES string of the molecule is O=[N+]([O-])c1ccc(C(Nc2cccc(O)c2)c2c[nH]c3ccccc23)o1. The van der Waals surface area contributed by atoms with Crippen molar-refractivity contribution < 1.29 is 14.4 Å². The van der Waals surface area contributed by atoms with Crippen molar-refractivity contribution in [2.45, 2.75) is 6.04 Å². The number of hydrogen-bond acceptors (Lipinski definition) is 5. The molecular formula is C19H15N3O4. The normalized spacial score (nSPS) is 12.2. The number of anilines is 1. The van der Waals surface area contributed by atoms with Crippen molar-refractivity contribution in [1.29, 1.82) is 0 Å². The third-order valence-electron chi connectivity index (χ3n) is 4.17. The van der Waals surface area contributed by atoms with Gasteiger partial charge in [-0.25, -0.2) is 0 Å². The van der Waals surface area contributed by atoms with E-state index in [1.54, 1.807) is 30.3 Å². The van der Waals surface area contributed by atoms with Crippen molar-refractivity contribution in [2.24, 2.45) is 0 Å². The molecule has 130 valence electrons. The molecule has 0 saturated carbocycles. The number of aromatic nitrogens is 1. The van der Waals surface area contributed by atoms with Gasteiger partial charge in [0.1, 0.15) is 22.5 Å². The van der Waals surface area contributed by atoms with E-state index in [1.165, 1.54) is 6.07 Å². The Morgan fingerprint density at radius 3 is 2.73 bits per heavy atom. The number of H-pyrrole nitrogens is 1. The summed E-state index contributed by atoms with van der Waals surface area (Å²) in [6, 6.07) is 16.9. The summed E-state index contributed by atoms with van der Waals surface area (Å²) >= 11 is 0. The van der Waals surface area contributed by atoms with Gasteiger partial charge in [0.15, 0.2) is 0 Å². The minimum absolute atomic E-state index is 0.123. The highest BCUT2D eigenvalue weighted by Gasteiger charge is 2.24. The van der Waals surface area contributed by atoms with E-state index in [2.05, 4.69) is 10.3 Å². The lowest BCUT2D eigenvalue weighted by Crippen LogP contribution is -2.11. The van der Waals surface area contributed by atoms with E-state index in [1.807, 2.05) is 30.5 Å². The molecule has 0 aliphatic rings. The molecule has 0 bridgehead atoms. The zero-order valence-electron chi connectivity index (χ0n) is 13.5. The molecule has 2 aromatic heterocycles. The van der Waals surface area contributed by atoms with Crippen molar-refractivity contribution in [3.05, 3.63) is 88.3 Å². The Bertz CT molecular complexity index is 1080. The number of furan rings is 1. The van der Waals surface area contributed by atoms with Gasteiger partial charge in [-0.15, -0.1) is 0 Å². The van der Waals surface area contributed by atoms with Crippen LogP contribution in [0.4, 0.5) is 11.6 Å². The van der Waals surface area contributed by atoms with Crippen LogP contribution in [0.15, 0.2) is 71.3 Å². The Hall–Kier alpha value is -3.74. The number of rotatable bonds is 5. The molecule has 7 heteroatoms. The van der Waals surface area contributed by atoms with Crippen molar-refractivity contribution in [1.82, 2.24) is 4.98 Å². The lowest BCUT2D eigenvalue weighted by atomic mass is 10.0. The van der Waals surface area contributed by atoms with Crippen LogP contribution in [-0.2, 0) is 0 Å². The summed E-state index contributed by atoms with van der Waals surface area (Å²) < 4.78 is 5.44. The summed E-state index contributed by atoms with van der Waals surface area (Å²) in [7, 11) is 0. The van der Waals surface area contributed by atoms with Crippen LogP contribution < -0.4 is 5.32 Å². The molecule has 0 aliphatic carbocycles. The standard InChI is InChI=1S/C19H15N3O4/c23-13-5-3-4-12(10-13)21-19(17-8-9-18(26-17)22(24)25)15-11-20-16-7-2-1-6-14(15)16/h1-11,19-21,23H. The van der Waals surface area contributed by atoms with E-state index in [0.717, 1.165) is 16.5 Å². The van der Waals surface area contributed by atoms with E-state index < -0.39 is 11.0 Å². The van der Waals surface area contributed by atoms with Gasteiger partial charge in [0.2, 0.25) is 0 Å². The lowest BCUT2D eigenvalue weighted by Gasteiger charge is -2.17. The Kier molecular flexibility index (Phi) is 3.81. The number of fused-ring (bicyclic) bond motifs is 1. The Morgan fingerprint density at radius 1 is 1.12 bits per heavy atom. The number of benzene rings is 2. The Balaban J connectivity index is 1.81. The van der Waals surface area contributed by atoms with Crippen LogP contribution in [0.2, 0.25) is 0 Å². The van der Waals surface area contributed by atoms with Crippen molar-refractivity contribution >= 4 is 22.5 Å². The van der Waals surface area contributed by atoms with E-state index >= 15 is 0 Å². The molecule has 4 aromatic rings. The fourth-order valence-corrected chi connectivity index (χ4v) is 2.99.